The zero-order valence-electron chi connectivity index (χ0n) is 17.3. The summed E-state index contributed by atoms with van der Waals surface area (Å²) in [6, 6.07) is 1.05. The molecule has 4 rings (SSSR count). The molecule has 4 heterocycles. The van der Waals surface area contributed by atoms with E-state index in [1.807, 2.05) is 24.8 Å². The maximum Gasteiger partial charge on any atom is 0.392 e. The third kappa shape index (κ3) is 3.61. The van der Waals surface area contributed by atoms with Gasteiger partial charge in [0.1, 0.15) is 0 Å². The number of hydrogen-bond donors (Lipinski definition) is 0. The molecule has 0 saturated carbocycles. The van der Waals surface area contributed by atoms with Crippen molar-refractivity contribution in [2.45, 2.75) is 37.9 Å². The van der Waals surface area contributed by atoms with Crippen LogP contribution in [0.15, 0.2) is 16.2 Å². The average Bonchev–Trinajstić information content (AvgIpc) is 3.32. The van der Waals surface area contributed by atoms with Crippen molar-refractivity contribution in [3.8, 4) is 0 Å². The first-order chi connectivity index (χ1) is 13.9. The molecule has 0 aromatic carbocycles. The Morgan fingerprint density at radius 2 is 1.76 bits per heavy atom. The molecule has 1 aromatic rings. The zero-order chi connectivity index (χ0) is 20.7. The number of carbonyl (C=O) groups excluding carboxylic acids is 2. The minimum atomic E-state index is -0.556. The number of likely N-dealkylation sites (N-methyl/N-ethyl adjacent to an activating group) is 2. The van der Waals surface area contributed by atoms with Crippen molar-refractivity contribution >= 4 is 35.5 Å². The van der Waals surface area contributed by atoms with E-state index in [9.17, 15) is 9.59 Å². The number of thioether (sulfide) groups is 1. The third-order valence-electron chi connectivity index (χ3n) is 5.42. The van der Waals surface area contributed by atoms with Crippen LogP contribution in [0, 0.1) is 13.8 Å². The van der Waals surface area contributed by atoms with Gasteiger partial charge in [-0.3, -0.25) is 19.2 Å². The van der Waals surface area contributed by atoms with Gasteiger partial charge < -0.3 is 0 Å². The van der Waals surface area contributed by atoms with Crippen molar-refractivity contribution in [1.82, 2.24) is 24.7 Å². The molecule has 1 aromatic heterocycles. The first-order valence-electron chi connectivity index (χ1n) is 9.84. The normalized spacial score (nSPS) is 22.0. The van der Waals surface area contributed by atoms with E-state index >= 15 is 0 Å². The van der Waals surface area contributed by atoms with Gasteiger partial charge in [0.05, 0.1) is 19.6 Å². The van der Waals surface area contributed by atoms with Crippen molar-refractivity contribution in [2.75, 3.05) is 39.5 Å². The van der Waals surface area contributed by atoms with Crippen LogP contribution in [-0.2, 0) is 4.79 Å². The van der Waals surface area contributed by atoms with Gasteiger partial charge in [0, 0.05) is 31.2 Å². The molecular formula is C19H26N7O2S+. The number of imide groups is 1. The van der Waals surface area contributed by atoms with Crippen LogP contribution in [-0.4, -0.2) is 98.5 Å². The fourth-order valence-electron chi connectivity index (χ4n) is 3.98. The molecule has 0 aliphatic carbocycles. The van der Waals surface area contributed by atoms with Crippen molar-refractivity contribution in [3.63, 3.8) is 0 Å². The zero-order valence-corrected chi connectivity index (χ0v) is 18.1. The highest BCUT2D eigenvalue weighted by Crippen LogP contribution is 2.25. The van der Waals surface area contributed by atoms with Crippen LogP contribution in [0.1, 0.15) is 24.2 Å². The lowest BCUT2D eigenvalue weighted by Gasteiger charge is -2.33. The summed E-state index contributed by atoms with van der Waals surface area (Å²) in [5, 5.41) is 0.741. The Bertz CT molecular complexity index is 901. The monoisotopic (exact) mass is 416 g/mol. The maximum atomic E-state index is 12.9. The highest BCUT2D eigenvalue weighted by molar-refractivity contribution is 7.99. The minimum absolute atomic E-state index is 0.228. The second-order valence-electron chi connectivity index (χ2n) is 7.58. The molecule has 29 heavy (non-hydrogen) atoms. The molecule has 0 radical (unpaired) electrons. The molecule has 2 fully saturated rings. The molecule has 154 valence electrons. The molecule has 3 aliphatic rings. The Hall–Kier alpha value is -2.49. The summed E-state index contributed by atoms with van der Waals surface area (Å²) in [7, 11) is 3.21. The molecule has 1 atom stereocenters. The number of amidine groups is 1. The van der Waals surface area contributed by atoms with Crippen LogP contribution in [0.3, 0.4) is 0 Å². The predicted molar refractivity (Wildman–Crippen MR) is 110 cm³/mol. The molecule has 0 spiro atoms. The summed E-state index contributed by atoms with van der Waals surface area (Å²) in [4.78, 5) is 43.7. The number of aliphatic imine (C=N–C) groups is 1. The Labute approximate surface area is 174 Å². The van der Waals surface area contributed by atoms with Crippen molar-refractivity contribution in [3.05, 3.63) is 17.5 Å². The van der Waals surface area contributed by atoms with E-state index in [4.69, 9.17) is 4.99 Å². The summed E-state index contributed by atoms with van der Waals surface area (Å²) >= 11 is 1.57. The highest BCUT2D eigenvalue weighted by atomic mass is 32.2. The maximum absolute atomic E-state index is 12.9. The molecular weight excluding hydrogens is 390 g/mol. The SMILES string of the molecule is Cc1cc(C)nc(SCCN2C(=[N+]3CCCC3)N=C3C2C(=O)N(C)C(=O)N3C)n1. The number of amides is 3. The molecule has 10 heteroatoms. The van der Waals surface area contributed by atoms with E-state index in [2.05, 4.69) is 14.5 Å². The number of hydrogen-bond acceptors (Lipinski definition) is 5. The smallest absolute Gasteiger partial charge is 0.270 e. The number of urea groups is 1. The highest BCUT2D eigenvalue weighted by Gasteiger charge is 2.55. The number of nitrogens with zero attached hydrogens (tertiary/aromatic N) is 7. The summed E-state index contributed by atoms with van der Waals surface area (Å²) in [5.74, 6) is 1.81. The minimum Gasteiger partial charge on any atom is -0.270 e. The van der Waals surface area contributed by atoms with Gasteiger partial charge in [0.15, 0.2) is 5.16 Å². The van der Waals surface area contributed by atoms with Gasteiger partial charge in [-0.2, -0.15) is 0 Å². The largest absolute Gasteiger partial charge is 0.392 e. The summed E-state index contributed by atoms with van der Waals surface area (Å²) in [5.41, 5.74) is 1.89. The van der Waals surface area contributed by atoms with Crippen LogP contribution < -0.4 is 0 Å². The van der Waals surface area contributed by atoms with Gasteiger partial charge in [-0.15, -0.1) is 0 Å². The molecule has 3 amide bonds. The van der Waals surface area contributed by atoms with Crippen LogP contribution in [0.25, 0.3) is 0 Å². The lowest BCUT2D eigenvalue weighted by molar-refractivity contribution is -0.511. The lowest BCUT2D eigenvalue weighted by Crippen LogP contribution is -2.63. The van der Waals surface area contributed by atoms with Crippen molar-refractivity contribution < 1.29 is 14.2 Å². The van der Waals surface area contributed by atoms with E-state index < -0.39 is 6.04 Å². The predicted octanol–water partition coefficient (Wildman–Crippen LogP) is 0.954. The fraction of sp³-hybridized carbons (Fsp3) is 0.579. The van der Waals surface area contributed by atoms with Crippen molar-refractivity contribution in [1.29, 1.82) is 0 Å². The number of carbonyl (C=O) groups is 2. The van der Waals surface area contributed by atoms with Crippen LogP contribution in [0.5, 0.6) is 0 Å². The standard InChI is InChI=1S/C19H26N7O2S/c1-12-11-13(2)21-17(20-12)29-10-9-26-14-15(22-18(26)25-7-5-6-8-25)23(3)19(28)24(4)16(14)27/h11,14H,5-10H2,1-4H3/q+1. The average molecular weight is 417 g/mol. The first kappa shape index (κ1) is 19.8. The number of aromatic nitrogens is 2. The Morgan fingerprint density at radius 1 is 1.10 bits per heavy atom. The van der Waals surface area contributed by atoms with E-state index in [0.717, 1.165) is 48.4 Å². The summed E-state index contributed by atoms with van der Waals surface area (Å²) in [6.45, 7) is 6.38. The number of guanidine groups is 1. The topological polar surface area (TPSA) is 85.0 Å². The third-order valence-corrected chi connectivity index (χ3v) is 6.25. The van der Waals surface area contributed by atoms with E-state index in [1.165, 1.54) is 16.8 Å². The van der Waals surface area contributed by atoms with Gasteiger partial charge in [-0.25, -0.2) is 19.7 Å². The Morgan fingerprint density at radius 3 is 2.41 bits per heavy atom. The van der Waals surface area contributed by atoms with Crippen LogP contribution in [0.2, 0.25) is 0 Å². The van der Waals surface area contributed by atoms with Crippen molar-refractivity contribution in [2.24, 2.45) is 4.99 Å². The van der Waals surface area contributed by atoms with Gasteiger partial charge >= 0.3 is 12.0 Å². The quantitative estimate of drug-likeness (QED) is 0.413. The van der Waals surface area contributed by atoms with Gasteiger partial charge in [0.2, 0.25) is 11.9 Å². The molecule has 1 unspecified atom stereocenters. The fourth-order valence-corrected chi connectivity index (χ4v) is 4.87. The number of fused-ring (bicyclic) bond motifs is 1. The summed E-state index contributed by atoms with van der Waals surface area (Å²) < 4.78 is 2.22. The Balaban J connectivity index is 1.58. The second-order valence-corrected chi connectivity index (χ2v) is 8.64. The van der Waals surface area contributed by atoms with Gasteiger partial charge in [-0.1, -0.05) is 16.8 Å². The summed E-state index contributed by atoms with van der Waals surface area (Å²) in [6.07, 6.45) is 2.22. The number of aryl methyl sites for hydroxylation is 2. The molecule has 2 saturated heterocycles. The molecule has 9 nitrogen and oxygen atoms in total. The van der Waals surface area contributed by atoms with Crippen LogP contribution in [0.4, 0.5) is 4.79 Å². The Kier molecular flexibility index (Phi) is 5.28. The van der Waals surface area contributed by atoms with E-state index in [-0.39, 0.29) is 11.9 Å². The van der Waals surface area contributed by atoms with E-state index in [0.29, 0.717) is 18.1 Å². The molecule has 3 aliphatic heterocycles. The van der Waals surface area contributed by atoms with Gasteiger partial charge in [0.25, 0.3) is 5.91 Å². The van der Waals surface area contributed by atoms with E-state index in [1.54, 1.807) is 18.8 Å². The number of rotatable bonds is 4. The second kappa shape index (κ2) is 7.74. The molecule has 0 bridgehead atoms. The lowest BCUT2D eigenvalue weighted by atomic mass is 10.1. The molecule has 0 N–H and O–H groups in total. The first-order valence-corrected chi connectivity index (χ1v) is 10.8. The van der Waals surface area contributed by atoms with Gasteiger partial charge in [-0.05, 0) is 32.8 Å². The van der Waals surface area contributed by atoms with Crippen LogP contribution >= 0.6 is 11.8 Å².